The van der Waals surface area contributed by atoms with E-state index in [1.807, 2.05) is 0 Å². The lowest BCUT2D eigenvalue weighted by atomic mass is 10.2. The summed E-state index contributed by atoms with van der Waals surface area (Å²) >= 11 is 0. The minimum atomic E-state index is -3.65. The number of hydrogen-bond donors (Lipinski definition) is 1. The van der Waals surface area contributed by atoms with Crippen molar-refractivity contribution < 1.29 is 32.4 Å². The maximum atomic E-state index is 12.7. The van der Waals surface area contributed by atoms with E-state index in [-0.39, 0.29) is 23.7 Å². The highest BCUT2D eigenvalue weighted by molar-refractivity contribution is 7.89. The molecule has 1 aliphatic heterocycles. The van der Waals surface area contributed by atoms with E-state index in [0.29, 0.717) is 24.5 Å². The lowest BCUT2D eigenvalue weighted by Gasteiger charge is -2.26. The molecular weight excluding hydrogens is 466 g/mol. The molecule has 3 rings (SSSR count). The molecule has 0 saturated carbocycles. The van der Waals surface area contributed by atoms with Gasteiger partial charge in [0.05, 0.1) is 23.0 Å². The van der Waals surface area contributed by atoms with Crippen LogP contribution in [-0.4, -0.2) is 61.9 Å². The molecule has 0 spiro atoms. The first-order valence-corrected chi connectivity index (χ1v) is 11.7. The molecule has 0 aromatic heterocycles. The molecule has 1 atom stereocenters. The molecule has 34 heavy (non-hydrogen) atoms. The first kappa shape index (κ1) is 25.0. The summed E-state index contributed by atoms with van der Waals surface area (Å²) in [5.41, 5.74) is 0.642. The number of sulfonamides is 1. The maximum absolute atomic E-state index is 12.7. The van der Waals surface area contributed by atoms with Gasteiger partial charge in [0.15, 0.2) is 6.10 Å². The van der Waals surface area contributed by atoms with Crippen LogP contribution in [-0.2, 0) is 29.1 Å². The fraction of sp³-hybridized carbons (Fsp3) is 0.273. The van der Waals surface area contributed by atoms with Crippen LogP contribution >= 0.6 is 0 Å². The third-order valence-corrected chi connectivity index (χ3v) is 6.80. The summed E-state index contributed by atoms with van der Waals surface area (Å²) in [5.74, 6) is -1.41. The predicted molar refractivity (Wildman–Crippen MR) is 122 cm³/mol. The molecule has 1 N–H and O–H groups in total. The number of rotatable bonds is 8. The minimum absolute atomic E-state index is 0.0955. The Morgan fingerprint density at radius 1 is 1.18 bits per heavy atom. The van der Waals surface area contributed by atoms with E-state index in [0.717, 1.165) is 6.08 Å². The van der Waals surface area contributed by atoms with Crippen molar-refractivity contribution in [1.82, 2.24) is 4.31 Å². The molecular formula is C22H23N3O8S. The van der Waals surface area contributed by atoms with Crippen LogP contribution in [0.5, 0.6) is 0 Å². The Bertz CT molecular complexity index is 1190. The Morgan fingerprint density at radius 3 is 2.50 bits per heavy atom. The highest BCUT2D eigenvalue weighted by Crippen LogP contribution is 2.20. The molecule has 11 nitrogen and oxygen atoms in total. The summed E-state index contributed by atoms with van der Waals surface area (Å²) < 4.78 is 36.9. The van der Waals surface area contributed by atoms with Crippen molar-refractivity contribution in [2.24, 2.45) is 0 Å². The zero-order chi connectivity index (χ0) is 24.7. The van der Waals surface area contributed by atoms with E-state index in [1.165, 1.54) is 59.8 Å². The summed E-state index contributed by atoms with van der Waals surface area (Å²) in [4.78, 5) is 34.7. The fourth-order valence-corrected chi connectivity index (χ4v) is 4.47. The molecule has 1 aliphatic rings. The molecule has 0 radical (unpaired) electrons. The number of non-ortho nitro benzene ring substituents is 1. The second-order valence-electron chi connectivity index (χ2n) is 7.29. The number of carbonyl (C=O) groups excluding carboxylic acids is 2. The van der Waals surface area contributed by atoms with Crippen molar-refractivity contribution in [3.63, 3.8) is 0 Å². The quantitative estimate of drug-likeness (QED) is 0.257. The molecule has 1 amide bonds. The third kappa shape index (κ3) is 6.47. The van der Waals surface area contributed by atoms with E-state index in [1.54, 1.807) is 6.07 Å². The van der Waals surface area contributed by atoms with Crippen LogP contribution in [0.15, 0.2) is 59.5 Å². The van der Waals surface area contributed by atoms with E-state index in [2.05, 4.69) is 5.32 Å². The number of hydrogen-bond acceptors (Lipinski definition) is 8. The molecule has 2 aromatic rings. The smallest absolute Gasteiger partial charge is 0.331 e. The monoisotopic (exact) mass is 489 g/mol. The molecule has 180 valence electrons. The molecule has 12 heteroatoms. The number of nitrogens with one attached hydrogen (secondary N) is 1. The van der Waals surface area contributed by atoms with E-state index < -0.39 is 32.9 Å². The summed E-state index contributed by atoms with van der Waals surface area (Å²) in [6.45, 7) is 2.61. The van der Waals surface area contributed by atoms with Crippen LogP contribution in [0.2, 0.25) is 0 Å². The number of amides is 1. The normalized spacial score (nSPS) is 15.6. The van der Waals surface area contributed by atoms with Gasteiger partial charge in [0, 0.05) is 37.0 Å². The lowest BCUT2D eigenvalue weighted by molar-refractivity contribution is -0.384. The minimum Gasteiger partial charge on any atom is -0.449 e. The number of morpholine rings is 1. The highest BCUT2D eigenvalue weighted by Gasteiger charge is 2.26. The first-order valence-electron chi connectivity index (χ1n) is 10.3. The second-order valence-corrected chi connectivity index (χ2v) is 9.23. The van der Waals surface area contributed by atoms with Crippen LogP contribution in [0.25, 0.3) is 6.08 Å². The van der Waals surface area contributed by atoms with Crippen molar-refractivity contribution in [3.8, 4) is 0 Å². The van der Waals surface area contributed by atoms with Gasteiger partial charge < -0.3 is 14.8 Å². The maximum Gasteiger partial charge on any atom is 0.331 e. The van der Waals surface area contributed by atoms with Crippen molar-refractivity contribution >= 4 is 39.4 Å². The van der Waals surface area contributed by atoms with Crippen LogP contribution in [0.4, 0.5) is 11.4 Å². The highest BCUT2D eigenvalue weighted by atomic mass is 32.2. The van der Waals surface area contributed by atoms with Crippen molar-refractivity contribution in [1.29, 1.82) is 0 Å². The molecule has 2 aromatic carbocycles. The number of benzene rings is 2. The Balaban J connectivity index is 1.55. The van der Waals surface area contributed by atoms with Gasteiger partial charge in [-0.3, -0.25) is 14.9 Å². The van der Waals surface area contributed by atoms with Crippen molar-refractivity contribution in [2.75, 3.05) is 31.6 Å². The standard InChI is InChI=1S/C22H23N3O8S/c1-16(33-21(26)10-5-17-3-2-4-19(15-17)25(28)29)22(27)23-18-6-8-20(9-7-18)34(30,31)24-11-13-32-14-12-24/h2-10,15-16H,11-14H2,1H3,(H,23,27). The Kier molecular flexibility index (Phi) is 8.10. The largest absolute Gasteiger partial charge is 0.449 e. The molecule has 0 bridgehead atoms. The number of carbonyl (C=O) groups is 2. The van der Waals surface area contributed by atoms with Crippen LogP contribution in [0.1, 0.15) is 12.5 Å². The number of nitro groups is 1. The topological polar surface area (TPSA) is 145 Å². The molecule has 1 unspecified atom stereocenters. The Morgan fingerprint density at radius 2 is 1.85 bits per heavy atom. The average Bonchev–Trinajstić information content (AvgIpc) is 2.83. The first-order chi connectivity index (χ1) is 16.2. The third-order valence-electron chi connectivity index (χ3n) is 4.88. The van der Waals surface area contributed by atoms with Crippen molar-refractivity contribution in [2.45, 2.75) is 17.9 Å². The lowest BCUT2D eigenvalue weighted by Crippen LogP contribution is -2.40. The van der Waals surface area contributed by atoms with Crippen molar-refractivity contribution in [3.05, 3.63) is 70.3 Å². The van der Waals surface area contributed by atoms with Gasteiger partial charge in [-0.25, -0.2) is 13.2 Å². The molecule has 0 aliphatic carbocycles. The van der Waals surface area contributed by atoms with Gasteiger partial charge in [-0.2, -0.15) is 4.31 Å². The van der Waals surface area contributed by atoms with Gasteiger partial charge in [-0.05, 0) is 42.8 Å². The van der Waals surface area contributed by atoms with Gasteiger partial charge in [-0.1, -0.05) is 12.1 Å². The number of nitro benzene ring substituents is 1. The van der Waals surface area contributed by atoms with Gasteiger partial charge in [0.1, 0.15) is 0 Å². The van der Waals surface area contributed by atoms with E-state index in [9.17, 15) is 28.1 Å². The van der Waals surface area contributed by atoms with Gasteiger partial charge in [-0.15, -0.1) is 0 Å². The zero-order valence-corrected chi connectivity index (χ0v) is 19.1. The van der Waals surface area contributed by atoms with Crippen LogP contribution < -0.4 is 5.32 Å². The Labute approximate surface area is 196 Å². The number of nitrogens with zero attached hydrogens (tertiary/aromatic N) is 2. The predicted octanol–water partition coefficient (Wildman–Crippen LogP) is 2.20. The summed E-state index contributed by atoms with van der Waals surface area (Å²) in [7, 11) is -3.65. The fourth-order valence-electron chi connectivity index (χ4n) is 3.06. The average molecular weight is 490 g/mol. The van der Waals surface area contributed by atoms with E-state index >= 15 is 0 Å². The molecule has 1 saturated heterocycles. The van der Waals surface area contributed by atoms with Gasteiger partial charge in [0.25, 0.3) is 11.6 Å². The van der Waals surface area contributed by atoms with Gasteiger partial charge >= 0.3 is 5.97 Å². The van der Waals surface area contributed by atoms with Gasteiger partial charge in [0.2, 0.25) is 10.0 Å². The summed E-state index contributed by atoms with van der Waals surface area (Å²) in [5, 5.41) is 13.4. The molecule has 1 heterocycles. The summed E-state index contributed by atoms with van der Waals surface area (Å²) in [6, 6.07) is 11.4. The second kappa shape index (κ2) is 11.0. The molecule has 1 fully saturated rings. The van der Waals surface area contributed by atoms with Crippen LogP contribution in [0.3, 0.4) is 0 Å². The number of anilines is 1. The number of ether oxygens (including phenoxy) is 2. The summed E-state index contributed by atoms with van der Waals surface area (Å²) in [6.07, 6.45) is 1.26. The zero-order valence-electron chi connectivity index (χ0n) is 18.2. The van der Waals surface area contributed by atoms with Crippen LogP contribution in [0, 0.1) is 10.1 Å². The number of esters is 1. The Hall–Kier alpha value is -3.61. The SMILES string of the molecule is CC(OC(=O)C=Cc1cccc([N+](=O)[O-])c1)C(=O)Nc1ccc(S(=O)(=O)N2CCOCC2)cc1. The van der Waals surface area contributed by atoms with E-state index in [4.69, 9.17) is 9.47 Å².